The fraction of sp³-hybridized carbons (Fsp3) is 1.00. The summed E-state index contributed by atoms with van der Waals surface area (Å²) in [4.78, 5) is 0. The van der Waals surface area contributed by atoms with Gasteiger partial charge in [-0.05, 0) is 52.6 Å². The second kappa shape index (κ2) is 24.0. The maximum Gasteiger partial charge on any atom is 0.0619 e. The van der Waals surface area contributed by atoms with Gasteiger partial charge in [0.1, 0.15) is 0 Å². The number of hydrogen-bond acceptors (Lipinski definition) is 2. The van der Waals surface area contributed by atoms with Crippen molar-refractivity contribution in [3.05, 3.63) is 0 Å². The van der Waals surface area contributed by atoms with Crippen LogP contribution in [0.3, 0.4) is 0 Å². The summed E-state index contributed by atoms with van der Waals surface area (Å²) in [5, 5.41) is 13.4. The lowest BCUT2D eigenvalue weighted by molar-refractivity contribution is 0.00717. The number of nitrogens with one attached hydrogen (secondary N) is 1. The van der Waals surface area contributed by atoms with Crippen LogP contribution in [0.25, 0.3) is 0 Å². The Hall–Kier alpha value is -0.0800. The van der Waals surface area contributed by atoms with Crippen LogP contribution in [-0.4, -0.2) is 24.3 Å². The first-order chi connectivity index (χ1) is 12.4. The van der Waals surface area contributed by atoms with Gasteiger partial charge in [-0.25, -0.2) is 0 Å². The first kappa shape index (κ1) is 31.6. The van der Waals surface area contributed by atoms with E-state index in [1.807, 2.05) is 20.9 Å². The topological polar surface area (TPSA) is 32.3 Å². The Morgan fingerprint density at radius 1 is 0.667 bits per heavy atom. The Labute approximate surface area is 174 Å². The molecule has 0 aromatic rings. The zero-order valence-corrected chi connectivity index (χ0v) is 19.3. The molecule has 0 aromatic carbocycles. The van der Waals surface area contributed by atoms with E-state index in [1.54, 1.807) is 0 Å². The van der Waals surface area contributed by atoms with Crippen molar-refractivity contribution >= 4 is 0 Å². The molecule has 1 atom stereocenters. The molecule has 27 heavy (non-hydrogen) atoms. The number of rotatable bonds is 17. The zero-order valence-electron chi connectivity index (χ0n) is 19.3. The molecule has 0 rings (SSSR count). The predicted octanol–water partition coefficient (Wildman–Crippen LogP) is 8.13. The van der Waals surface area contributed by atoms with Gasteiger partial charge in [-0.15, -0.1) is 0 Å². The standard InChI is InChI=1S/C18H38O.C6H15N.CH4/c1-5-7-9-11-12-14-16-17(18(3,4)19)15-13-10-8-6-2;1-3-4-5-6-7-2;/h17,19H,5-16H2,1-4H3;7H,3-6H2,1-2H3;1H4. The van der Waals surface area contributed by atoms with Crippen molar-refractivity contribution in [2.45, 2.75) is 144 Å². The molecule has 0 aliphatic heterocycles. The molecule has 0 bridgehead atoms. The van der Waals surface area contributed by atoms with E-state index in [9.17, 15) is 5.11 Å². The summed E-state index contributed by atoms with van der Waals surface area (Å²) in [6.07, 6.45) is 19.8. The summed E-state index contributed by atoms with van der Waals surface area (Å²) in [6, 6.07) is 0. The highest BCUT2D eigenvalue weighted by atomic mass is 16.3. The predicted molar refractivity (Wildman–Crippen MR) is 127 cm³/mol. The van der Waals surface area contributed by atoms with Crippen LogP contribution in [0.15, 0.2) is 0 Å². The Bertz CT molecular complexity index is 243. The van der Waals surface area contributed by atoms with Crippen molar-refractivity contribution in [1.82, 2.24) is 5.32 Å². The van der Waals surface area contributed by atoms with Gasteiger partial charge in [-0.3, -0.25) is 0 Å². The molecule has 2 nitrogen and oxygen atoms in total. The summed E-state index contributed by atoms with van der Waals surface area (Å²) >= 11 is 0. The minimum atomic E-state index is -0.490. The van der Waals surface area contributed by atoms with Gasteiger partial charge >= 0.3 is 0 Å². The molecule has 1 unspecified atom stereocenters. The van der Waals surface area contributed by atoms with E-state index in [0.717, 1.165) is 0 Å². The van der Waals surface area contributed by atoms with Crippen LogP contribution in [0.5, 0.6) is 0 Å². The van der Waals surface area contributed by atoms with Gasteiger partial charge in [-0.1, -0.05) is 105 Å². The van der Waals surface area contributed by atoms with Crippen molar-refractivity contribution in [3.8, 4) is 0 Å². The normalized spacial score (nSPS) is 12.1. The van der Waals surface area contributed by atoms with Gasteiger partial charge in [0, 0.05) is 0 Å². The summed E-state index contributed by atoms with van der Waals surface area (Å²) in [6.45, 7) is 11.9. The highest BCUT2D eigenvalue weighted by Gasteiger charge is 2.25. The average Bonchev–Trinajstić information content (AvgIpc) is 2.59. The Balaban J connectivity index is -0.000000612. The number of aliphatic hydroxyl groups is 1. The number of unbranched alkanes of at least 4 members (excludes halogenated alkanes) is 10. The van der Waals surface area contributed by atoms with Crippen LogP contribution in [-0.2, 0) is 0 Å². The Kier molecular flexibility index (Phi) is 28.0. The van der Waals surface area contributed by atoms with E-state index < -0.39 is 5.60 Å². The van der Waals surface area contributed by atoms with E-state index in [-0.39, 0.29) is 7.43 Å². The molecule has 0 fully saturated rings. The molecular formula is C25H57NO. The second-order valence-electron chi connectivity index (χ2n) is 8.57. The molecule has 0 amide bonds. The van der Waals surface area contributed by atoms with E-state index in [4.69, 9.17) is 0 Å². The third kappa shape index (κ3) is 25.9. The van der Waals surface area contributed by atoms with Crippen molar-refractivity contribution in [1.29, 1.82) is 0 Å². The van der Waals surface area contributed by atoms with Crippen LogP contribution in [0, 0.1) is 5.92 Å². The Morgan fingerprint density at radius 3 is 1.44 bits per heavy atom. The molecular weight excluding hydrogens is 330 g/mol. The highest BCUT2D eigenvalue weighted by molar-refractivity contribution is 4.77. The third-order valence-corrected chi connectivity index (χ3v) is 5.34. The molecule has 0 saturated carbocycles. The molecule has 0 aromatic heterocycles. The molecule has 0 aliphatic carbocycles. The fourth-order valence-corrected chi connectivity index (χ4v) is 3.39. The van der Waals surface area contributed by atoms with E-state index in [2.05, 4.69) is 26.1 Å². The lowest BCUT2D eigenvalue weighted by atomic mass is 9.82. The Morgan fingerprint density at radius 2 is 1.04 bits per heavy atom. The summed E-state index contributed by atoms with van der Waals surface area (Å²) < 4.78 is 0. The quantitative estimate of drug-likeness (QED) is 0.247. The minimum absolute atomic E-state index is 0. The van der Waals surface area contributed by atoms with Crippen LogP contribution in [0.1, 0.15) is 138 Å². The largest absolute Gasteiger partial charge is 0.390 e. The highest BCUT2D eigenvalue weighted by Crippen LogP contribution is 2.28. The number of hydrogen-bond donors (Lipinski definition) is 2. The monoisotopic (exact) mass is 387 g/mol. The van der Waals surface area contributed by atoms with Gasteiger partial charge in [0.05, 0.1) is 5.60 Å². The smallest absolute Gasteiger partial charge is 0.0619 e. The van der Waals surface area contributed by atoms with E-state index in [0.29, 0.717) is 5.92 Å². The van der Waals surface area contributed by atoms with Crippen molar-refractivity contribution in [3.63, 3.8) is 0 Å². The summed E-state index contributed by atoms with van der Waals surface area (Å²) in [5.41, 5.74) is -0.490. The van der Waals surface area contributed by atoms with Gasteiger partial charge in [-0.2, -0.15) is 0 Å². The van der Waals surface area contributed by atoms with Crippen LogP contribution < -0.4 is 5.32 Å². The van der Waals surface area contributed by atoms with Gasteiger partial charge in [0.15, 0.2) is 0 Å². The van der Waals surface area contributed by atoms with Crippen molar-refractivity contribution in [2.24, 2.45) is 5.92 Å². The maximum atomic E-state index is 10.3. The first-order valence-electron chi connectivity index (χ1n) is 11.8. The van der Waals surface area contributed by atoms with E-state index >= 15 is 0 Å². The zero-order chi connectivity index (χ0) is 20.1. The SMILES string of the molecule is C.CCCCCCCCC(CCCCCC)C(C)(C)O.CCCCCNC. The average molecular weight is 388 g/mol. The molecule has 2 heteroatoms. The first-order valence-corrected chi connectivity index (χ1v) is 11.8. The van der Waals surface area contributed by atoms with E-state index in [1.165, 1.54) is 103 Å². The lowest BCUT2D eigenvalue weighted by Gasteiger charge is -2.29. The molecule has 0 radical (unpaired) electrons. The van der Waals surface area contributed by atoms with Crippen LogP contribution in [0.2, 0.25) is 0 Å². The molecule has 168 valence electrons. The summed E-state index contributed by atoms with van der Waals surface area (Å²) in [5.74, 6) is 0.496. The van der Waals surface area contributed by atoms with Crippen LogP contribution in [0.4, 0.5) is 0 Å². The molecule has 0 aliphatic rings. The third-order valence-electron chi connectivity index (χ3n) is 5.34. The maximum absolute atomic E-state index is 10.3. The van der Waals surface area contributed by atoms with Gasteiger partial charge in [0.2, 0.25) is 0 Å². The fourth-order valence-electron chi connectivity index (χ4n) is 3.39. The summed E-state index contributed by atoms with van der Waals surface area (Å²) in [7, 11) is 2.00. The lowest BCUT2D eigenvalue weighted by Crippen LogP contribution is -2.30. The minimum Gasteiger partial charge on any atom is -0.390 e. The van der Waals surface area contributed by atoms with Crippen molar-refractivity contribution in [2.75, 3.05) is 13.6 Å². The molecule has 2 N–H and O–H groups in total. The van der Waals surface area contributed by atoms with Crippen LogP contribution >= 0.6 is 0 Å². The molecule has 0 spiro atoms. The second-order valence-corrected chi connectivity index (χ2v) is 8.57. The van der Waals surface area contributed by atoms with Gasteiger partial charge < -0.3 is 10.4 Å². The molecule has 0 saturated heterocycles. The van der Waals surface area contributed by atoms with Gasteiger partial charge in [0.25, 0.3) is 0 Å². The van der Waals surface area contributed by atoms with Crippen molar-refractivity contribution < 1.29 is 5.11 Å². The molecule has 0 heterocycles.